The molecule has 1 fully saturated rings. The summed E-state index contributed by atoms with van der Waals surface area (Å²) in [5.41, 5.74) is 3.60. The van der Waals surface area contributed by atoms with Gasteiger partial charge in [0.2, 0.25) is 5.91 Å². The van der Waals surface area contributed by atoms with Gasteiger partial charge >= 0.3 is 5.97 Å². The Bertz CT molecular complexity index is 1130. The van der Waals surface area contributed by atoms with E-state index in [4.69, 9.17) is 4.74 Å². The van der Waals surface area contributed by atoms with E-state index in [2.05, 4.69) is 5.32 Å². The number of carbonyl (C=O) groups is 3. The zero-order chi connectivity index (χ0) is 23.2. The Morgan fingerprint density at radius 2 is 1.64 bits per heavy atom. The lowest BCUT2D eigenvalue weighted by Gasteiger charge is -2.24. The van der Waals surface area contributed by atoms with Crippen molar-refractivity contribution in [1.29, 1.82) is 0 Å². The van der Waals surface area contributed by atoms with Crippen LogP contribution in [-0.2, 0) is 16.1 Å². The molecule has 0 radical (unpaired) electrons. The fourth-order valence-electron chi connectivity index (χ4n) is 3.59. The molecule has 3 aromatic carbocycles. The summed E-state index contributed by atoms with van der Waals surface area (Å²) in [4.78, 5) is 38.7. The van der Waals surface area contributed by atoms with Gasteiger partial charge in [0.15, 0.2) is 0 Å². The van der Waals surface area contributed by atoms with Crippen molar-refractivity contribution in [2.75, 3.05) is 17.7 Å². The van der Waals surface area contributed by atoms with Gasteiger partial charge in [0.25, 0.3) is 5.91 Å². The number of anilines is 1. The minimum Gasteiger partial charge on any atom is -0.462 e. The molecule has 0 spiro atoms. The molecule has 1 saturated heterocycles. The highest BCUT2D eigenvalue weighted by Gasteiger charge is 2.32. The molecule has 0 aromatic heterocycles. The van der Waals surface area contributed by atoms with E-state index in [1.54, 1.807) is 55.1 Å². The van der Waals surface area contributed by atoms with Crippen LogP contribution in [-0.4, -0.2) is 35.0 Å². The first-order chi connectivity index (χ1) is 16.0. The Kier molecular flexibility index (Phi) is 7.10. The molecule has 2 amide bonds. The maximum absolute atomic E-state index is 12.7. The third-order valence-corrected chi connectivity index (χ3v) is 6.53. The summed E-state index contributed by atoms with van der Waals surface area (Å²) in [7, 11) is 0. The van der Waals surface area contributed by atoms with Crippen molar-refractivity contribution in [2.45, 2.75) is 18.8 Å². The zero-order valence-corrected chi connectivity index (χ0v) is 19.0. The standard InChI is InChI=1S/C26H24N2O4S/c1-2-32-26(31)21-12-14-22(15-13-21)27-24(30)19-8-10-20(11-9-19)25-28(23(29)17-33-25)16-18-6-4-3-5-7-18/h3-15,25H,2,16-17H2,1H3,(H,27,30)/t25-/m1/s1. The Morgan fingerprint density at radius 3 is 2.30 bits per heavy atom. The number of carbonyl (C=O) groups excluding carboxylic acids is 3. The van der Waals surface area contributed by atoms with Crippen molar-refractivity contribution >= 4 is 35.2 Å². The van der Waals surface area contributed by atoms with Crippen LogP contribution in [0.15, 0.2) is 78.9 Å². The van der Waals surface area contributed by atoms with Crippen LogP contribution >= 0.6 is 11.8 Å². The van der Waals surface area contributed by atoms with Gasteiger partial charge < -0.3 is 15.0 Å². The highest BCUT2D eigenvalue weighted by Crippen LogP contribution is 2.39. The van der Waals surface area contributed by atoms with Crippen molar-refractivity contribution in [3.05, 3.63) is 101 Å². The number of rotatable bonds is 7. The maximum Gasteiger partial charge on any atom is 0.338 e. The summed E-state index contributed by atoms with van der Waals surface area (Å²) in [5.74, 6) is -0.0826. The van der Waals surface area contributed by atoms with Gasteiger partial charge in [-0.1, -0.05) is 42.5 Å². The first kappa shape index (κ1) is 22.6. The van der Waals surface area contributed by atoms with Crippen LogP contribution in [0.5, 0.6) is 0 Å². The average Bonchev–Trinajstić information content (AvgIpc) is 3.20. The normalized spacial score (nSPS) is 15.4. The number of amides is 2. The van der Waals surface area contributed by atoms with E-state index in [-0.39, 0.29) is 17.2 Å². The number of thioether (sulfide) groups is 1. The van der Waals surface area contributed by atoms with Gasteiger partial charge in [-0.15, -0.1) is 11.8 Å². The summed E-state index contributed by atoms with van der Waals surface area (Å²) in [5, 5.41) is 2.75. The highest BCUT2D eigenvalue weighted by molar-refractivity contribution is 8.00. The predicted octanol–water partition coefficient (Wildman–Crippen LogP) is 4.89. The molecule has 3 aromatic rings. The van der Waals surface area contributed by atoms with Crippen LogP contribution in [0.25, 0.3) is 0 Å². The third-order valence-electron chi connectivity index (χ3n) is 5.28. The predicted molar refractivity (Wildman–Crippen MR) is 129 cm³/mol. The molecular formula is C26H24N2O4S. The topological polar surface area (TPSA) is 75.7 Å². The molecule has 0 bridgehead atoms. The van der Waals surface area contributed by atoms with Crippen LogP contribution in [0.1, 0.15) is 44.1 Å². The minimum absolute atomic E-state index is 0.0785. The average molecular weight is 461 g/mol. The number of hydrogen-bond donors (Lipinski definition) is 1. The molecule has 0 aliphatic carbocycles. The van der Waals surface area contributed by atoms with Gasteiger partial charge in [-0.25, -0.2) is 4.79 Å². The molecule has 1 atom stereocenters. The molecule has 6 nitrogen and oxygen atoms in total. The van der Waals surface area contributed by atoms with Crippen molar-refractivity contribution in [3.63, 3.8) is 0 Å². The lowest BCUT2D eigenvalue weighted by atomic mass is 10.1. The molecule has 0 saturated carbocycles. The quantitative estimate of drug-likeness (QED) is 0.508. The number of hydrogen-bond acceptors (Lipinski definition) is 5. The second-order valence-corrected chi connectivity index (χ2v) is 8.61. The van der Waals surface area contributed by atoms with Gasteiger partial charge in [0, 0.05) is 17.8 Å². The van der Waals surface area contributed by atoms with E-state index < -0.39 is 5.97 Å². The zero-order valence-electron chi connectivity index (χ0n) is 18.2. The largest absolute Gasteiger partial charge is 0.462 e. The Morgan fingerprint density at radius 1 is 0.970 bits per heavy atom. The molecule has 1 heterocycles. The van der Waals surface area contributed by atoms with Gasteiger partial charge in [0.1, 0.15) is 5.37 Å². The number of benzene rings is 3. The lowest BCUT2D eigenvalue weighted by molar-refractivity contribution is -0.128. The van der Waals surface area contributed by atoms with Gasteiger partial charge in [-0.05, 0) is 54.4 Å². The Labute approximate surface area is 196 Å². The highest BCUT2D eigenvalue weighted by atomic mass is 32.2. The number of esters is 1. The maximum atomic E-state index is 12.7. The van der Waals surface area contributed by atoms with Crippen molar-refractivity contribution in [1.82, 2.24) is 4.90 Å². The summed E-state index contributed by atoms with van der Waals surface area (Å²) in [6.45, 7) is 2.62. The molecule has 4 rings (SSSR count). The molecule has 1 N–H and O–H groups in total. The number of nitrogens with one attached hydrogen (secondary N) is 1. The van der Waals surface area contributed by atoms with Crippen LogP contribution in [0, 0.1) is 0 Å². The summed E-state index contributed by atoms with van der Waals surface area (Å²) >= 11 is 1.59. The summed E-state index contributed by atoms with van der Waals surface area (Å²) in [6, 6.07) is 23.8. The first-order valence-corrected chi connectivity index (χ1v) is 11.7. The fourth-order valence-corrected chi connectivity index (χ4v) is 4.78. The molecular weight excluding hydrogens is 436 g/mol. The Hall–Kier alpha value is -3.58. The molecule has 7 heteroatoms. The molecule has 0 unspecified atom stereocenters. The SMILES string of the molecule is CCOC(=O)c1ccc(NC(=O)c2ccc([C@H]3SCC(=O)N3Cc3ccccc3)cc2)cc1. The van der Waals surface area contributed by atoms with E-state index in [0.29, 0.717) is 35.7 Å². The Balaban J connectivity index is 1.41. The second kappa shape index (κ2) is 10.4. The van der Waals surface area contributed by atoms with Crippen LogP contribution in [0.4, 0.5) is 5.69 Å². The minimum atomic E-state index is -0.393. The van der Waals surface area contributed by atoms with Crippen molar-refractivity contribution in [3.8, 4) is 0 Å². The van der Waals surface area contributed by atoms with Crippen molar-refractivity contribution in [2.24, 2.45) is 0 Å². The molecule has 33 heavy (non-hydrogen) atoms. The first-order valence-electron chi connectivity index (χ1n) is 10.7. The third kappa shape index (κ3) is 5.43. The number of nitrogens with zero attached hydrogens (tertiary/aromatic N) is 1. The fraction of sp³-hybridized carbons (Fsp3) is 0.192. The van der Waals surface area contributed by atoms with E-state index in [1.807, 2.05) is 47.4 Å². The smallest absolute Gasteiger partial charge is 0.338 e. The van der Waals surface area contributed by atoms with E-state index >= 15 is 0 Å². The summed E-state index contributed by atoms with van der Waals surface area (Å²) in [6.07, 6.45) is 0. The van der Waals surface area contributed by atoms with E-state index in [1.165, 1.54) is 0 Å². The van der Waals surface area contributed by atoms with E-state index in [9.17, 15) is 14.4 Å². The van der Waals surface area contributed by atoms with Gasteiger partial charge in [0.05, 0.1) is 17.9 Å². The molecule has 168 valence electrons. The van der Waals surface area contributed by atoms with Crippen molar-refractivity contribution < 1.29 is 19.1 Å². The lowest BCUT2D eigenvalue weighted by Crippen LogP contribution is -2.27. The van der Waals surface area contributed by atoms with Gasteiger partial charge in [-0.2, -0.15) is 0 Å². The monoisotopic (exact) mass is 460 g/mol. The van der Waals surface area contributed by atoms with Crippen LogP contribution in [0.2, 0.25) is 0 Å². The second-order valence-electron chi connectivity index (χ2n) is 7.54. The van der Waals surface area contributed by atoms with Crippen LogP contribution in [0.3, 0.4) is 0 Å². The van der Waals surface area contributed by atoms with Crippen LogP contribution < -0.4 is 5.32 Å². The summed E-state index contributed by atoms with van der Waals surface area (Å²) < 4.78 is 4.97. The van der Waals surface area contributed by atoms with Gasteiger partial charge in [-0.3, -0.25) is 9.59 Å². The molecule has 1 aliphatic rings. The number of ether oxygens (including phenoxy) is 1. The molecule has 1 aliphatic heterocycles. The van der Waals surface area contributed by atoms with E-state index in [0.717, 1.165) is 11.1 Å².